The molecule has 0 aliphatic rings. The van der Waals surface area contributed by atoms with Crippen molar-refractivity contribution >= 4 is 39.3 Å². The van der Waals surface area contributed by atoms with Gasteiger partial charge in [0, 0.05) is 21.9 Å². The van der Waals surface area contributed by atoms with Gasteiger partial charge in [0.15, 0.2) is 11.5 Å². The largest absolute Gasteiger partial charge is 0.497 e. The van der Waals surface area contributed by atoms with Gasteiger partial charge in [0.25, 0.3) is 5.91 Å². The van der Waals surface area contributed by atoms with Crippen molar-refractivity contribution in [2.75, 3.05) is 12.4 Å². The maximum Gasteiger partial charge on any atom is 0.291 e. The summed E-state index contributed by atoms with van der Waals surface area (Å²) in [6.45, 7) is 3.80. The van der Waals surface area contributed by atoms with E-state index in [4.69, 9.17) is 13.6 Å². The fraction of sp³-hybridized carbons (Fsp3) is 0.111. The second kappa shape index (κ2) is 7.98. The second-order valence-electron chi connectivity index (χ2n) is 7.87. The summed E-state index contributed by atoms with van der Waals surface area (Å²) in [5.74, 6) is 0.0983. The van der Waals surface area contributed by atoms with Crippen molar-refractivity contribution in [2.45, 2.75) is 13.8 Å². The van der Waals surface area contributed by atoms with E-state index in [1.165, 1.54) is 0 Å². The van der Waals surface area contributed by atoms with Gasteiger partial charge in [-0.05, 0) is 61.9 Å². The van der Waals surface area contributed by atoms with Crippen molar-refractivity contribution in [2.24, 2.45) is 0 Å². The molecule has 0 radical (unpaired) electrons. The first kappa shape index (κ1) is 20.6. The number of anilines is 1. The fourth-order valence-corrected chi connectivity index (χ4v) is 3.92. The predicted octanol–water partition coefficient (Wildman–Crippen LogP) is 6.29. The van der Waals surface area contributed by atoms with Crippen LogP contribution in [0.25, 0.3) is 21.9 Å². The first-order chi connectivity index (χ1) is 16.0. The van der Waals surface area contributed by atoms with Crippen molar-refractivity contribution in [3.8, 4) is 5.75 Å². The highest BCUT2D eigenvalue weighted by atomic mass is 16.5. The molecule has 5 aromatic rings. The Morgan fingerprint density at radius 1 is 0.818 bits per heavy atom. The van der Waals surface area contributed by atoms with Crippen LogP contribution in [0.5, 0.6) is 5.75 Å². The summed E-state index contributed by atoms with van der Waals surface area (Å²) in [5, 5.41) is 4.37. The molecule has 0 bridgehead atoms. The SMILES string of the molecule is COc1ccc(C(=O)c2oc3ccccc3c2NC(=O)c2oc3cc(C)ccc3c2C)cc1. The van der Waals surface area contributed by atoms with Crippen molar-refractivity contribution in [1.29, 1.82) is 0 Å². The van der Waals surface area contributed by atoms with E-state index in [-0.39, 0.29) is 17.3 Å². The third-order valence-corrected chi connectivity index (χ3v) is 5.69. The molecule has 1 amide bonds. The lowest BCUT2D eigenvalue weighted by molar-refractivity contribution is 0.0997. The van der Waals surface area contributed by atoms with Crippen molar-refractivity contribution < 1.29 is 23.2 Å². The molecule has 6 heteroatoms. The molecule has 1 N–H and O–H groups in total. The lowest BCUT2D eigenvalue weighted by Gasteiger charge is -2.06. The number of nitrogens with one attached hydrogen (secondary N) is 1. The van der Waals surface area contributed by atoms with Gasteiger partial charge in [-0.25, -0.2) is 0 Å². The molecular weight excluding hydrogens is 418 g/mol. The third kappa shape index (κ3) is 3.55. The number of para-hydroxylation sites is 1. The summed E-state index contributed by atoms with van der Waals surface area (Å²) in [6.07, 6.45) is 0. The summed E-state index contributed by atoms with van der Waals surface area (Å²) in [6, 6.07) is 19.7. The lowest BCUT2D eigenvalue weighted by Crippen LogP contribution is -2.14. The number of aryl methyl sites for hydroxylation is 2. The van der Waals surface area contributed by atoms with E-state index in [2.05, 4.69) is 5.32 Å². The van der Waals surface area contributed by atoms with E-state index in [0.29, 0.717) is 33.6 Å². The maximum atomic E-state index is 13.3. The number of ketones is 1. The summed E-state index contributed by atoms with van der Waals surface area (Å²) in [5.41, 5.74) is 3.65. The van der Waals surface area contributed by atoms with Gasteiger partial charge in [-0.2, -0.15) is 0 Å². The Bertz CT molecular complexity index is 1520. The van der Waals surface area contributed by atoms with Crippen molar-refractivity contribution in [3.05, 3.63) is 94.9 Å². The topological polar surface area (TPSA) is 81.7 Å². The molecule has 2 heterocycles. The molecule has 0 aliphatic heterocycles. The van der Waals surface area contributed by atoms with E-state index in [0.717, 1.165) is 16.5 Å². The zero-order valence-electron chi connectivity index (χ0n) is 18.4. The van der Waals surface area contributed by atoms with Gasteiger partial charge < -0.3 is 18.9 Å². The zero-order chi connectivity index (χ0) is 23.1. The second-order valence-corrected chi connectivity index (χ2v) is 7.87. The van der Waals surface area contributed by atoms with E-state index in [1.807, 2.05) is 44.2 Å². The molecule has 2 aromatic heterocycles. The van der Waals surface area contributed by atoms with Crippen LogP contribution in [-0.2, 0) is 0 Å². The van der Waals surface area contributed by atoms with Gasteiger partial charge in [-0.15, -0.1) is 0 Å². The average molecular weight is 439 g/mol. The average Bonchev–Trinajstić information content (AvgIpc) is 3.36. The number of methoxy groups -OCH3 is 1. The molecule has 3 aromatic carbocycles. The molecule has 164 valence electrons. The Labute approximate surface area is 189 Å². The number of fused-ring (bicyclic) bond motifs is 2. The molecule has 0 atom stereocenters. The highest BCUT2D eigenvalue weighted by Crippen LogP contribution is 2.34. The van der Waals surface area contributed by atoms with Gasteiger partial charge >= 0.3 is 0 Å². The number of hydrogen-bond acceptors (Lipinski definition) is 5. The van der Waals surface area contributed by atoms with Crippen LogP contribution >= 0.6 is 0 Å². The van der Waals surface area contributed by atoms with E-state index < -0.39 is 5.91 Å². The molecule has 5 rings (SSSR count). The number of carbonyl (C=O) groups is 2. The zero-order valence-corrected chi connectivity index (χ0v) is 18.4. The number of amides is 1. The van der Waals surface area contributed by atoms with E-state index in [1.54, 1.807) is 43.5 Å². The minimum Gasteiger partial charge on any atom is -0.497 e. The van der Waals surface area contributed by atoms with Crippen LogP contribution in [0.15, 0.2) is 75.6 Å². The Hall–Kier alpha value is -4.32. The standard InChI is InChI=1S/C27H21NO5/c1-15-8-13-19-16(2)25(33-22(19)14-15)27(30)28-23-20-6-4-5-7-21(20)32-26(23)24(29)17-9-11-18(31-3)12-10-17/h4-14H,1-3H3,(H,28,30). The number of benzene rings is 3. The highest BCUT2D eigenvalue weighted by molar-refractivity contribution is 6.19. The molecular formula is C27H21NO5. The molecule has 6 nitrogen and oxygen atoms in total. The first-order valence-electron chi connectivity index (χ1n) is 10.5. The number of hydrogen-bond donors (Lipinski definition) is 1. The van der Waals surface area contributed by atoms with E-state index >= 15 is 0 Å². The molecule has 0 fully saturated rings. The van der Waals surface area contributed by atoms with Gasteiger partial charge in [-0.3, -0.25) is 9.59 Å². The van der Waals surface area contributed by atoms with Crippen molar-refractivity contribution in [1.82, 2.24) is 0 Å². The number of ether oxygens (including phenoxy) is 1. The summed E-state index contributed by atoms with van der Waals surface area (Å²) in [7, 11) is 1.56. The predicted molar refractivity (Wildman–Crippen MR) is 126 cm³/mol. The van der Waals surface area contributed by atoms with Gasteiger partial charge in [-0.1, -0.05) is 24.3 Å². The molecule has 0 spiro atoms. The van der Waals surface area contributed by atoms with Gasteiger partial charge in [0.05, 0.1) is 12.8 Å². The Morgan fingerprint density at radius 2 is 1.55 bits per heavy atom. The van der Waals surface area contributed by atoms with E-state index in [9.17, 15) is 9.59 Å². The monoisotopic (exact) mass is 439 g/mol. The van der Waals surface area contributed by atoms with Crippen molar-refractivity contribution in [3.63, 3.8) is 0 Å². The molecule has 0 unspecified atom stereocenters. The minimum atomic E-state index is -0.448. The van der Waals surface area contributed by atoms with Crippen LogP contribution < -0.4 is 10.1 Å². The summed E-state index contributed by atoms with van der Waals surface area (Å²) >= 11 is 0. The molecule has 0 saturated heterocycles. The first-order valence-corrected chi connectivity index (χ1v) is 10.5. The smallest absolute Gasteiger partial charge is 0.291 e. The van der Waals surface area contributed by atoms with Crippen LogP contribution in [0.3, 0.4) is 0 Å². The number of rotatable bonds is 5. The van der Waals surface area contributed by atoms with Gasteiger partial charge in [0.1, 0.15) is 16.9 Å². The van der Waals surface area contributed by atoms with Crippen LogP contribution in [0, 0.1) is 13.8 Å². The highest BCUT2D eigenvalue weighted by Gasteiger charge is 2.26. The molecule has 33 heavy (non-hydrogen) atoms. The normalized spacial score (nSPS) is 11.1. The van der Waals surface area contributed by atoms with Crippen LogP contribution in [0.1, 0.15) is 37.8 Å². The van der Waals surface area contributed by atoms with Crippen LogP contribution in [0.2, 0.25) is 0 Å². The van der Waals surface area contributed by atoms with Crippen LogP contribution in [-0.4, -0.2) is 18.8 Å². The summed E-state index contributed by atoms with van der Waals surface area (Å²) in [4.78, 5) is 26.5. The Kier molecular flexibility index (Phi) is 4.98. The number of furan rings is 2. The fourth-order valence-electron chi connectivity index (χ4n) is 3.92. The third-order valence-electron chi connectivity index (χ3n) is 5.69. The number of carbonyl (C=O) groups excluding carboxylic acids is 2. The quantitative estimate of drug-likeness (QED) is 0.326. The minimum absolute atomic E-state index is 0.0549. The summed E-state index contributed by atoms with van der Waals surface area (Å²) < 4.78 is 16.9. The maximum absolute atomic E-state index is 13.3. The van der Waals surface area contributed by atoms with Crippen LogP contribution in [0.4, 0.5) is 5.69 Å². The molecule has 0 saturated carbocycles. The molecule has 0 aliphatic carbocycles. The lowest BCUT2D eigenvalue weighted by atomic mass is 10.1. The Morgan fingerprint density at radius 3 is 2.30 bits per heavy atom. The Balaban J connectivity index is 1.57. The van der Waals surface area contributed by atoms with Gasteiger partial charge in [0.2, 0.25) is 5.78 Å².